The molecule has 1 heterocycles. The molecule has 0 saturated heterocycles. The van der Waals surface area contributed by atoms with Crippen LogP contribution < -0.4 is 0 Å². The average molecular weight is 280 g/mol. The molecular formula is C13H10ClNO4. The molecule has 0 bridgehead atoms. The van der Waals surface area contributed by atoms with Crippen LogP contribution in [0.2, 0.25) is 5.02 Å². The Labute approximate surface area is 114 Å². The number of nitrogens with zero attached hydrogens (tertiary/aromatic N) is 1. The summed E-state index contributed by atoms with van der Waals surface area (Å²) in [4.78, 5) is 25.9. The van der Waals surface area contributed by atoms with Crippen molar-refractivity contribution in [3.05, 3.63) is 46.6 Å². The largest absolute Gasteiger partial charge is 0.477 e. The topological polar surface area (TPSA) is 76.0 Å². The van der Waals surface area contributed by atoms with Gasteiger partial charge in [-0.1, -0.05) is 23.7 Å². The fourth-order valence-corrected chi connectivity index (χ4v) is 1.61. The molecule has 1 aromatic carbocycles. The maximum absolute atomic E-state index is 11.6. The maximum Gasteiger partial charge on any atom is 0.354 e. The van der Waals surface area contributed by atoms with E-state index >= 15 is 0 Å². The molecule has 1 aliphatic heterocycles. The van der Waals surface area contributed by atoms with E-state index < -0.39 is 17.9 Å². The van der Waals surface area contributed by atoms with Crippen LogP contribution in [-0.4, -0.2) is 29.2 Å². The number of benzene rings is 1. The van der Waals surface area contributed by atoms with Gasteiger partial charge in [0.2, 0.25) is 0 Å². The molecule has 0 aromatic heterocycles. The number of carbonyl (C=O) groups excluding carboxylic acids is 1. The van der Waals surface area contributed by atoms with Gasteiger partial charge in [0, 0.05) is 17.3 Å². The maximum atomic E-state index is 11.6. The number of halogens is 1. The van der Waals surface area contributed by atoms with Crippen LogP contribution in [0.3, 0.4) is 0 Å². The second kappa shape index (κ2) is 5.77. The predicted molar refractivity (Wildman–Crippen MR) is 69.2 cm³/mol. The molecule has 1 aromatic rings. The lowest BCUT2D eigenvalue weighted by Crippen LogP contribution is -2.28. The first-order chi connectivity index (χ1) is 9.06. The Morgan fingerprint density at radius 2 is 2.05 bits per heavy atom. The zero-order valence-corrected chi connectivity index (χ0v) is 10.5. The minimum Gasteiger partial charge on any atom is -0.477 e. The zero-order chi connectivity index (χ0) is 13.8. The Morgan fingerprint density at radius 3 is 2.63 bits per heavy atom. The lowest BCUT2D eigenvalue weighted by Gasteiger charge is -2.14. The highest BCUT2D eigenvalue weighted by Crippen LogP contribution is 2.13. The van der Waals surface area contributed by atoms with Crippen molar-refractivity contribution < 1.29 is 19.4 Å². The number of rotatable bonds is 4. The van der Waals surface area contributed by atoms with E-state index in [1.807, 2.05) is 0 Å². The van der Waals surface area contributed by atoms with Crippen molar-refractivity contribution in [3.8, 4) is 0 Å². The summed E-state index contributed by atoms with van der Waals surface area (Å²) in [7, 11) is 0. The van der Waals surface area contributed by atoms with Gasteiger partial charge in [-0.2, -0.15) is 0 Å². The van der Waals surface area contributed by atoms with E-state index in [1.165, 1.54) is 6.21 Å². The second-order valence-corrected chi connectivity index (χ2v) is 4.31. The molecule has 0 aliphatic carbocycles. The van der Waals surface area contributed by atoms with Crippen LogP contribution in [0.4, 0.5) is 0 Å². The first kappa shape index (κ1) is 13.5. The van der Waals surface area contributed by atoms with Crippen molar-refractivity contribution in [2.24, 2.45) is 4.99 Å². The van der Waals surface area contributed by atoms with Gasteiger partial charge in [0.1, 0.15) is 0 Å². The fraction of sp³-hybridized carbons (Fsp3) is 0.154. The summed E-state index contributed by atoms with van der Waals surface area (Å²) in [5.74, 6) is -1.66. The smallest absolute Gasteiger partial charge is 0.354 e. The van der Waals surface area contributed by atoms with Gasteiger partial charge in [-0.05, 0) is 17.7 Å². The van der Waals surface area contributed by atoms with Crippen LogP contribution in [0.25, 0.3) is 0 Å². The molecule has 1 N–H and O–H groups in total. The second-order valence-electron chi connectivity index (χ2n) is 3.87. The van der Waals surface area contributed by atoms with Crippen molar-refractivity contribution in [1.82, 2.24) is 0 Å². The van der Waals surface area contributed by atoms with E-state index in [-0.39, 0.29) is 12.3 Å². The molecule has 6 heteroatoms. The number of ether oxygens (including phenoxy) is 1. The normalized spacial score (nSPS) is 18.3. The zero-order valence-electron chi connectivity index (χ0n) is 9.75. The number of hydrogen-bond donors (Lipinski definition) is 1. The van der Waals surface area contributed by atoms with Crippen LogP contribution in [-0.2, 0) is 20.9 Å². The summed E-state index contributed by atoms with van der Waals surface area (Å²) in [5.41, 5.74) is 0.579. The predicted octanol–water partition coefficient (Wildman–Crippen LogP) is 1.85. The van der Waals surface area contributed by atoms with Gasteiger partial charge in [0.25, 0.3) is 0 Å². The molecule has 0 fully saturated rings. The van der Waals surface area contributed by atoms with Gasteiger partial charge in [0.05, 0.1) is 6.61 Å². The summed E-state index contributed by atoms with van der Waals surface area (Å²) in [6, 6.07) is 7.01. The summed E-state index contributed by atoms with van der Waals surface area (Å²) >= 11 is 5.75. The van der Waals surface area contributed by atoms with Crippen molar-refractivity contribution in [3.63, 3.8) is 0 Å². The molecule has 5 nitrogen and oxygen atoms in total. The quantitative estimate of drug-likeness (QED) is 0.912. The third-order valence-corrected chi connectivity index (χ3v) is 2.72. The van der Waals surface area contributed by atoms with Crippen molar-refractivity contribution in [1.29, 1.82) is 0 Å². The number of aliphatic imine (C=N–C) groups is 1. The van der Waals surface area contributed by atoms with E-state index in [2.05, 4.69) is 4.99 Å². The molecule has 0 radical (unpaired) electrons. The summed E-state index contributed by atoms with van der Waals surface area (Å²) < 4.78 is 5.37. The number of ketones is 1. The van der Waals surface area contributed by atoms with Crippen LogP contribution >= 0.6 is 11.6 Å². The molecule has 1 aliphatic rings. The first-order valence-electron chi connectivity index (χ1n) is 5.45. The molecule has 0 saturated carbocycles. The Morgan fingerprint density at radius 1 is 1.37 bits per heavy atom. The number of aliphatic carboxylic acids is 1. The first-order valence-corrected chi connectivity index (χ1v) is 5.83. The SMILES string of the molecule is O=C(O)C1=CC(=O)C(OCc2ccc(Cl)cc2)C=N1. The lowest BCUT2D eigenvalue weighted by molar-refractivity contribution is -0.133. The molecule has 1 atom stereocenters. The highest BCUT2D eigenvalue weighted by atomic mass is 35.5. The van der Waals surface area contributed by atoms with E-state index in [4.69, 9.17) is 21.4 Å². The highest BCUT2D eigenvalue weighted by Gasteiger charge is 2.22. The van der Waals surface area contributed by atoms with Gasteiger partial charge in [-0.3, -0.25) is 9.79 Å². The molecule has 1 unspecified atom stereocenters. The number of carbonyl (C=O) groups is 2. The number of hydrogen-bond acceptors (Lipinski definition) is 4. The molecule has 98 valence electrons. The Balaban J connectivity index is 1.95. The summed E-state index contributed by atoms with van der Waals surface area (Å²) in [6.45, 7) is 0.218. The molecular weight excluding hydrogens is 270 g/mol. The Kier molecular flexibility index (Phi) is 4.09. The van der Waals surface area contributed by atoms with Gasteiger partial charge >= 0.3 is 5.97 Å². The Hall–Kier alpha value is -1.98. The lowest BCUT2D eigenvalue weighted by atomic mass is 10.1. The van der Waals surface area contributed by atoms with Crippen LogP contribution in [0.15, 0.2) is 41.0 Å². The number of carboxylic acid groups (broad SMARTS) is 1. The third kappa shape index (κ3) is 3.49. The fourth-order valence-electron chi connectivity index (χ4n) is 1.48. The molecule has 0 amide bonds. The summed E-state index contributed by atoms with van der Waals surface area (Å²) in [6.07, 6.45) is 1.31. The van der Waals surface area contributed by atoms with Crippen molar-refractivity contribution in [2.45, 2.75) is 12.7 Å². The van der Waals surface area contributed by atoms with E-state index in [1.54, 1.807) is 24.3 Å². The van der Waals surface area contributed by atoms with Crippen LogP contribution in [0.1, 0.15) is 5.56 Å². The minimum absolute atomic E-state index is 0.218. The van der Waals surface area contributed by atoms with Crippen LogP contribution in [0.5, 0.6) is 0 Å². The highest BCUT2D eigenvalue weighted by molar-refractivity contribution is 6.30. The van der Waals surface area contributed by atoms with Gasteiger partial charge in [0.15, 0.2) is 17.6 Å². The van der Waals surface area contributed by atoms with E-state index in [0.29, 0.717) is 5.02 Å². The standard InChI is InChI=1S/C13H10ClNO4/c14-9-3-1-8(2-4-9)7-19-12-6-15-10(13(17)18)5-11(12)16/h1-6,12H,7H2,(H,17,18). The minimum atomic E-state index is -1.24. The third-order valence-electron chi connectivity index (χ3n) is 2.47. The molecule has 2 rings (SSSR count). The monoisotopic (exact) mass is 279 g/mol. The van der Waals surface area contributed by atoms with Gasteiger partial charge in [-0.15, -0.1) is 0 Å². The summed E-state index contributed by atoms with van der Waals surface area (Å²) in [5, 5.41) is 9.31. The average Bonchev–Trinajstić information content (AvgIpc) is 2.39. The van der Waals surface area contributed by atoms with Crippen molar-refractivity contribution >= 4 is 29.6 Å². The van der Waals surface area contributed by atoms with E-state index in [9.17, 15) is 9.59 Å². The van der Waals surface area contributed by atoms with E-state index in [0.717, 1.165) is 11.6 Å². The van der Waals surface area contributed by atoms with Gasteiger partial charge in [-0.25, -0.2) is 4.79 Å². The van der Waals surface area contributed by atoms with Crippen molar-refractivity contribution in [2.75, 3.05) is 0 Å². The Bertz CT molecular complexity index is 563. The van der Waals surface area contributed by atoms with Crippen LogP contribution in [0, 0.1) is 0 Å². The molecule has 0 spiro atoms. The van der Waals surface area contributed by atoms with Gasteiger partial charge < -0.3 is 9.84 Å². The molecule has 19 heavy (non-hydrogen) atoms. The number of carboxylic acids is 1.